The number of aromatic nitrogens is 1. The smallest absolute Gasteiger partial charge is 0.305 e. The van der Waals surface area contributed by atoms with Crippen molar-refractivity contribution in [2.45, 2.75) is 51.1 Å². The molecule has 4 rings (SSSR count). The number of nitrogens with zero attached hydrogens (tertiary/aromatic N) is 1. The summed E-state index contributed by atoms with van der Waals surface area (Å²) in [6, 6.07) is 2.43. The first-order chi connectivity index (χ1) is 16.0. The molecule has 0 radical (unpaired) electrons. The fourth-order valence-corrected chi connectivity index (χ4v) is 4.25. The molecule has 1 aliphatic carbocycles. The van der Waals surface area contributed by atoms with E-state index >= 15 is 0 Å². The van der Waals surface area contributed by atoms with Crippen LogP contribution in [0.3, 0.4) is 0 Å². The van der Waals surface area contributed by atoms with Crippen LogP contribution in [0.2, 0.25) is 0 Å². The van der Waals surface area contributed by atoms with Gasteiger partial charge in [-0.25, -0.2) is 18.2 Å². The van der Waals surface area contributed by atoms with Crippen molar-refractivity contribution in [3.63, 3.8) is 0 Å². The van der Waals surface area contributed by atoms with Gasteiger partial charge in [0.15, 0.2) is 23.2 Å². The average Bonchev–Trinajstić information content (AvgIpc) is 2.75. The van der Waals surface area contributed by atoms with E-state index in [1.54, 1.807) is 38.2 Å². The van der Waals surface area contributed by atoms with Crippen molar-refractivity contribution in [3.05, 3.63) is 65.1 Å². The number of carboxylic acids is 1. The number of halogens is 3. The highest BCUT2D eigenvalue weighted by Gasteiger charge is 2.35. The molecule has 1 aromatic carbocycles. The minimum atomic E-state index is -1.58. The number of rotatable bonds is 5. The number of hydrogen-bond acceptors (Lipinski definition) is 5. The van der Waals surface area contributed by atoms with Crippen LogP contribution in [0.5, 0.6) is 0 Å². The molecule has 34 heavy (non-hydrogen) atoms. The van der Waals surface area contributed by atoms with Crippen LogP contribution in [0.1, 0.15) is 44.4 Å². The molecule has 2 aliphatic rings. The molecule has 0 amide bonds. The summed E-state index contributed by atoms with van der Waals surface area (Å²) in [6.45, 7) is 3.40. The molecule has 2 heterocycles. The van der Waals surface area contributed by atoms with Crippen molar-refractivity contribution in [2.75, 3.05) is 0 Å². The van der Waals surface area contributed by atoms with Crippen molar-refractivity contribution in [3.8, 4) is 0 Å². The third-order valence-corrected chi connectivity index (χ3v) is 5.80. The zero-order valence-corrected chi connectivity index (χ0v) is 19.3. The normalized spacial score (nSPS) is 22.4. The molecule has 2 aromatic rings. The molecule has 0 spiro atoms. The van der Waals surface area contributed by atoms with Gasteiger partial charge in [0.25, 0.3) is 0 Å². The third kappa shape index (κ3) is 5.27. The third-order valence-electron chi connectivity index (χ3n) is 5.49. The Kier molecular flexibility index (Phi) is 6.71. The minimum Gasteiger partial charge on any atom is -0.481 e. The van der Waals surface area contributed by atoms with Crippen LogP contribution in [-0.4, -0.2) is 38.9 Å². The van der Waals surface area contributed by atoms with Crippen LogP contribution < -0.4 is 0 Å². The lowest BCUT2D eigenvalue weighted by Gasteiger charge is -2.39. The van der Waals surface area contributed by atoms with E-state index in [2.05, 4.69) is 4.98 Å². The average molecular weight is 490 g/mol. The predicted octanol–water partition coefficient (Wildman–Crippen LogP) is 5.76. The zero-order chi connectivity index (χ0) is 24.6. The quantitative estimate of drug-likeness (QED) is 0.425. The van der Waals surface area contributed by atoms with E-state index in [0.29, 0.717) is 29.7 Å². The number of allylic oxidation sites excluding steroid dienone is 4. The highest BCUT2D eigenvalue weighted by atomic mass is 32.1. The molecule has 1 aliphatic heterocycles. The van der Waals surface area contributed by atoms with Crippen molar-refractivity contribution >= 4 is 45.6 Å². The number of carboxylic acid groups (broad SMARTS) is 1. The Labute approximate surface area is 199 Å². The predicted molar refractivity (Wildman–Crippen MR) is 126 cm³/mol. The second kappa shape index (κ2) is 9.40. The molecule has 0 saturated carbocycles. The molecule has 2 atom stereocenters. The Balaban J connectivity index is 1.76. The van der Waals surface area contributed by atoms with Gasteiger partial charge in [-0.15, -0.1) is 0 Å². The summed E-state index contributed by atoms with van der Waals surface area (Å²) in [5.74, 6) is -6.20. The molecule has 0 bridgehead atoms. The fraction of sp³-hybridized carbons (Fsp3) is 0.320. The largest absolute Gasteiger partial charge is 0.481 e. The summed E-state index contributed by atoms with van der Waals surface area (Å²) >= 11 is 5.18. The Morgan fingerprint density at radius 3 is 2.68 bits per heavy atom. The highest BCUT2D eigenvalue weighted by molar-refractivity contribution is 7.80. The summed E-state index contributed by atoms with van der Waals surface area (Å²) in [4.78, 5) is 16.2. The number of ether oxygens (including phenoxy) is 2. The summed E-state index contributed by atoms with van der Waals surface area (Å²) in [6.07, 6.45) is 8.39. The summed E-state index contributed by atoms with van der Waals surface area (Å²) in [5.41, 5.74) is 1.29. The number of pyridine rings is 1. The van der Waals surface area contributed by atoms with Crippen molar-refractivity contribution < 1.29 is 32.5 Å². The maximum absolute atomic E-state index is 14.5. The number of thiocarbonyl (C=S) groups is 1. The van der Waals surface area contributed by atoms with E-state index in [9.17, 15) is 18.0 Å². The number of aliphatic carboxylic acids is 1. The second-order valence-electron chi connectivity index (χ2n) is 8.64. The summed E-state index contributed by atoms with van der Waals surface area (Å²) < 4.78 is 53.8. The van der Waals surface area contributed by atoms with Gasteiger partial charge in [-0.2, -0.15) is 0 Å². The molecule has 178 valence electrons. The van der Waals surface area contributed by atoms with E-state index in [1.807, 2.05) is 6.08 Å². The molecule has 1 N–H and O–H groups in total. The van der Waals surface area contributed by atoms with Gasteiger partial charge < -0.3 is 14.6 Å². The lowest BCUT2D eigenvalue weighted by atomic mass is 9.97. The van der Waals surface area contributed by atoms with Gasteiger partial charge in [-0.3, -0.25) is 4.79 Å². The maximum atomic E-state index is 14.5. The van der Waals surface area contributed by atoms with E-state index in [-0.39, 0.29) is 17.3 Å². The fourth-order valence-electron chi connectivity index (χ4n) is 4.10. The Morgan fingerprint density at radius 1 is 1.24 bits per heavy atom. The Bertz CT molecular complexity index is 1270. The van der Waals surface area contributed by atoms with Crippen molar-refractivity contribution in [1.29, 1.82) is 0 Å². The molecular weight excluding hydrogens is 467 g/mol. The molecular formula is C25H22F3NO4S. The molecule has 5 nitrogen and oxygen atoms in total. The van der Waals surface area contributed by atoms with Crippen LogP contribution in [0.4, 0.5) is 13.2 Å². The van der Waals surface area contributed by atoms with Gasteiger partial charge in [0.2, 0.25) is 0 Å². The molecule has 1 fully saturated rings. The van der Waals surface area contributed by atoms with Gasteiger partial charge in [-0.05, 0) is 37.6 Å². The first-order valence-corrected chi connectivity index (χ1v) is 11.1. The van der Waals surface area contributed by atoms with E-state index in [1.165, 1.54) is 6.07 Å². The number of hydrogen-bond donors (Lipinski definition) is 1. The number of carbonyl (C=O) groups is 1. The number of benzene rings is 1. The highest BCUT2D eigenvalue weighted by Crippen LogP contribution is 2.32. The van der Waals surface area contributed by atoms with Crippen molar-refractivity contribution in [2.24, 2.45) is 0 Å². The van der Waals surface area contributed by atoms with Crippen LogP contribution in [0, 0.1) is 17.5 Å². The van der Waals surface area contributed by atoms with Crippen LogP contribution >= 0.6 is 12.2 Å². The molecule has 1 aromatic heterocycles. The summed E-state index contributed by atoms with van der Waals surface area (Å²) in [5, 5.41) is 9.24. The first-order valence-electron chi connectivity index (χ1n) is 10.7. The molecule has 9 heteroatoms. The van der Waals surface area contributed by atoms with Gasteiger partial charge >= 0.3 is 5.97 Å². The van der Waals surface area contributed by atoms with Gasteiger partial charge in [0.05, 0.1) is 24.3 Å². The topological polar surface area (TPSA) is 68.7 Å². The molecule has 1 saturated heterocycles. The van der Waals surface area contributed by atoms with E-state index < -0.39 is 41.4 Å². The second-order valence-corrected chi connectivity index (χ2v) is 9.16. The minimum absolute atomic E-state index is 0.104. The Hall–Kier alpha value is -2.88. The molecule has 0 unspecified atom stereocenters. The monoisotopic (exact) mass is 489 g/mol. The first kappa shape index (κ1) is 24.3. The standard InChI is InChI=1S/C25H22F3NO4S/c1-25(2)32-16(11-17(33-25)12-20(30)31)6-3-14-9-15-10-19(26)21(27)22(28)24(15)29-23(14)13-4-7-18(34)8-5-13/h3-7,9-10,16-17H,8,11-12H2,1-2H3,(H,30,31)/b6-3+/t16-,17-/m1/s1. The van der Waals surface area contributed by atoms with E-state index in [0.717, 1.165) is 10.9 Å². The summed E-state index contributed by atoms with van der Waals surface area (Å²) in [7, 11) is 0. The van der Waals surface area contributed by atoms with Crippen LogP contribution in [0.25, 0.3) is 22.6 Å². The number of fused-ring (bicyclic) bond motifs is 1. The maximum Gasteiger partial charge on any atom is 0.305 e. The lowest BCUT2D eigenvalue weighted by Crippen LogP contribution is -2.44. The SMILES string of the molecule is CC1(C)O[C@@H](CC(=O)O)C[C@@H](/C=C/c2cc3cc(F)c(F)c(F)c3nc2C2=CCC(=S)C=C2)O1. The Morgan fingerprint density at radius 2 is 2.00 bits per heavy atom. The van der Waals surface area contributed by atoms with Crippen LogP contribution in [0.15, 0.2) is 36.4 Å². The van der Waals surface area contributed by atoms with E-state index in [4.69, 9.17) is 26.8 Å². The van der Waals surface area contributed by atoms with Crippen molar-refractivity contribution in [1.82, 2.24) is 4.98 Å². The van der Waals surface area contributed by atoms with Gasteiger partial charge in [0.1, 0.15) is 5.52 Å². The van der Waals surface area contributed by atoms with Gasteiger partial charge in [-0.1, -0.05) is 36.5 Å². The zero-order valence-electron chi connectivity index (χ0n) is 18.5. The lowest BCUT2D eigenvalue weighted by molar-refractivity contribution is -0.290. The van der Waals surface area contributed by atoms with Crippen LogP contribution in [-0.2, 0) is 14.3 Å². The van der Waals surface area contributed by atoms with Gasteiger partial charge in [0, 0.05) is 28.7 Å².